The zero-order valence-electron chi connectivity index (χ0n) is 15.4. The first-order chi connectivity index (χ1) is 14.0. The molecular formula is C21H16F2N4O2. The van der Waals surface area contributed by atoms with Crippen LogP contribution in [0.2, 0.25) is 0 Å². The van der Waals surface area contributed by atoms with E-state index in [1.807, 2.05) is 55.5 Å². The van der Waals surface area contributed by atoms with E-state index in [0.717, 1.165) is 11.8 Å². The van der Waals surface area contributed by atoms with Crippen LogP contribution in [0, 0.1) is 6.92 Å². The molecule has 0 N–H and O–H groups in total. The van der Waals surface area contributed by atoms with Crippen LogP contribution in [0.5, 0.6) is 5.75 Å². The second kappa shape index (κ2) is 7.67. The average Bonchev–Trinajstić information content (AvgIpc) is 3.19. The van der Waals surface area contributed by atoms with Gasteiger partial charge in [0.1, 0.15) is 0 Å². The summed E-state index contributed by atoms with van der Waals surface area (Å²) in [7, 11) is 0. The minimum absolute atomic E-state index is 0.0500. The van der Waals surface area contributed by atoms with Gasteiger partial charge in [-0.1, -0.05) is 30.3 Å². The summed E-state index contributed by atoms with van der Waals surface area (Å²) in [5.74, 6) is -0.493. The number of benzene rings is 2. The summed E-state index contributed by atoms with van der Waals surface area (Å²) < 4.78 is 33.2. The number of para-hydroxylation sites is 1. The third kappa shape index (κ3) is 3.77. The van der Waals surface area contributed by atoms with Gasteiger partial charge in [0, 0.05) is 0 Å². The molecule has 0 saturated heterocycles. The number of rotatable bonds is 5. The largest absolute Gasteiger partial charge is 0.429 e. The maximum absolute atomic E-state index is 12.9. The van der Waals surface area contributed by atoms with E-state index in [1.54, 1.807) is 12.1 Å². The number of hydrogen-bond donors (Lipinski definition) is 0. The average molecular weight is 394 g/mol. The number of halogens is 2. The van der Waals surface area contributed by atoms with E-state index in [1.165, 1.54) is 15.6 Å². The normalized spacial score (nSPS) is 11.0. The predicted octanol–water partition coefficient (Wildman–Crippen LogP) is 4.00. The van der Waals surface area contributed by atoms with Crippen molar-refractivity contribution >= 4 is 0 Å². The fraction of sp³-hybridized carbons (Fsp3) is 0.0952. The Balaban J connectivity index is 1.93. The lowest BCUT2D eigenvalue weighted by Gasteiger charge is -2.13. The predicted molar refractivity (Wildman–Crippen MR) is 104 cm³/mol. The van der Waals surface area contributed by atoms with Crippen molar-refractivity contribution < 1.29 is 13.5 Å². The third-order valence-electron chi connectivity index (χ3n) is 4.25. The summed E-state index contributed by atoms with van der Waals surface area (Å²) in [5, 5.41) is 8.65. The first kappa shape index (κ1) is 18.5. The fourth-order valence-corrected chi connectivity index (χ4v) is 2.98. The van der Waals surface area contributed by atoms with E-state index >= 15 is 0 Å². The third-order valence-corrected chi connectivity index (χ3v) is 4.25. The van der Waals surface area contributed by atoms with Crippen LogP contribution < -0.4 is 10.2 Å². The molecule has 29 heavy (non-hydrogen) atoms. The molecule has 2 aromatic carbocycles. The first-order valence-corrected chi connectivity index (χ1v) is 8.78. The Morgan fingerprint density at radius 1 is 1.00 bits per heavy atom. The number of aryl methyl sites for hydroxylation is 1. The SMILES string of the molecule is Cc1cccc(-n2cc(OC(F)F)c(=O)c(-c3ccnn3-c3ccccc3)n2)c1. The van der Waals surface area contributed by atoms with Gasteiger partial charge in [0.25, 0.3) is 5.43 Å². The fourth-order valence-electron chi connectivity index (χ4n) is 2.98. The summed E-state index contributed by atoms with van der Waals surface area (Å²) in [6.45, 7) is -1.24. The van der Waals surface area contributed by atoms with Crippen LogP contribution in [0.15, 0.2) is 77.9 Å². The van der Waals surface area contributed by atoms with E-state index in [2.05, 4.69) is 14.9 Å². The minimum atomic E-state index is -3.14. The first-order valence-electron chi connectivity index (χ1n) is 8.78. The lowest BCUT2D eigenvalue weighted by atomic mass is 10.2. The van der Waals surface area contributed by atoms with Crippen molar-refractivity contribution in [1.82, 2.24) is 19.6 Å². The van der Waals surface area contributed by atoms with Gasteiger partial charge >= 0.3 is 6.61 Å². The van der Waals surface area contributed by atoms with E-state index in [4.69, 9.17) is 0 Å². The molecule has 8 heteroatoms. The van der Waals surface area contributed by atoms with Crippen LogP contribution in [-0.4, -0.2) is 26.2 Å². The smallest absolute Gasteiger partial charge is 0.387 e. The molecule has 0 atom stereocenters. The molecule has 0 saturated carbocycles. The minimum Gasteiger partial charge on any atom is -0.429 e. The summed E-state index contributed by atoms with van der Waals surface area (Å²) in [4.78, 5) is 12.9. The van der Waals surface area contributed by atoms with Gasteiger partial charge in [-0.3, -0.25) is 4.79 Å². The van der Waals surface area contributed by atoms with Crippen molar-refractivity contribution in [3.05, 3.63) is 88.8 Å². The molecule has 0 aliphatic heterocycles. The van der Waals surface area contributed by atoms with Crippen LogP contribution in [0.4, 0.5) is 8.78 Å². The van der Waals surface area contributed by atoms with Crippen LogP contribution in [0.3, 0.4) is 0 Å². The lowest BCUT2D eigenvalue weighted by molar-refractivity contribution is -0.0509. The van der Waals surface area contributed by atoms with Crippen molar-refractivity contribution in [1.29, 1.82) is 0 Å². The molecule has 0 spiro atoms. The Morgan fingerprint density at radius 3 is 2.48 bits per heavy atom. The maximum Gasteiger partial charge on any atom is 0.387 e. The Labute approximate surface area is 164 Å². The van der Waals surface area contributed by atoms with Gasteiger partial charge in [-0.25, -0.2) is 9.36 Å². The maximum atomic E-state index is 12.9. The Kier molecular flexibility index (Phi) is 4.90. The van der Waals surface area contributed by atoms with E-state index < -0.39 is 17.8 Å². The summed E-state index contributed by atoms with van der Waals surface area (Å²) >= 11 is 0. The van der Waals surface area contributed by atoms with Crippen molar-refractivity contribution in [2.75, 3.05) is 0 Å². The molecule has 2 aromatic heterocycles. The van der Waals surface area contributed by atoms with Crippen molar-refractivity contribution in [2.24, 2.45) is 0 Å². The quantitative estimate of drug-likeness (QED) is 0.513. The topological polar surface area (TPSA) is 61.9 Å². The molecule has 0 aliphatic carbocycles. The van der Waals surface area contributed by atoms with Gasteiger partial charge in [-0.15, -0.1) is 0 Å². The molecule has 6 nitrogen and oxygen atoms in total. The van der Waals surface area contributed by atoms with Crippen molar-refractivity contribution in [3.8, 4) is 28.5 Å². The van der Waals surface area contributed by atoms with E-state index in [9.17, 15) is 13.6 Å². The van der Waals surface area contributed by atoms with Crippen molar-refractivity contribution in [2.45, 2.75) is 13.5 Å². The van der Waals surface area contributed by atoms with Crippen molar-refractivity contribution in [3.63, 3.8) is 0 Å². The second-order valence-corrected chi connectivity index (χ2v) is 6.30. The number of nitrogens with zero attached hydrogens (tertiary/aromatic N) is 4. The Bertz CT molecular complexity index is 1200. The molecule has 4 aromatic rings. The van der Waals surface area contributed by atoms with Gasteiger partial charge in [0.05, 0.1) is 29.5 Å². The van der Waals surface area contributed by atoms with Crippen LogP contribution in [0.1, 0.15) is 5.56 Å². The second-order valence-electron chi connectivity index (χ2n) is 6.30. The lowest BCUT2D eigenvalue weighted by Crippen LogP contribution is -2.20. The number of aromatic nitrogens is 4. The number of ether oxygens (including phenoxy) is 1. The Morgan fingerprint density at radius 2 is 1.76 bits per heavy atom. The van der Waals surface area contributed by atoms with Gasteiger partial charge in [-0.05, 0) is 42.8 Å². The molecule has 146 valence electrons. The molecule has 0 amide bonds. The molecular weight excluding hydrogens is 378 g/mol. The molecule has 0 radical (unpaired) electrons. The van der Waals surface area contributed by atoms with Gasteiger partial charge in [0.15, 0.2) is 11.4 Å². The highest BCUT2D eigenvalue weighted by Gasteiger charge is 2.20. The van der Waals surface area contributed by atoms with Crippen LogP contribution in [-0.2, 0) is 0 Å². The zero-order valence-corrected chi connectivity index (χ0v) is 15.4. The number of alkyl halides is 2. The Hall–Kier alpha value is -3.81. The molecule has 0 aliphatic rings. The summed E-state index contributed by atoms with van der Waals surface area (Å²) in [5.41, 5.74) is 1.84. The van der Waals surface area contributed by atoms with Crippen LogP contribution >= 0.6 is 0 Å². The van der Waals surface area contributed by atoms with Gasteiger partial charge in [-0.2, -0.15) is 19.0 Å². The highest BCUT2D eigenvalue weighted by molar-refractivity contribution is 5.59. The summed E-state index contributed by atoms with van der Waals surface area (Å²) in [6, 6.07) is 18.0. The molecule has 0 bridgehead atoms. The number of hydrogen-bond acceptors (Lipinski definition) is 4. The molecule has 0 fully saturated rings. The highest BCUT2D eigenvalue weighted by atomic mass is 19.3. The molecule has 0 unspecified atom stereocenters. The van der Waals surface area contributed by atoms with E-state index in [0.29, 0.717) is 17.1 Å². The molecule has 4 rings (SSSR count). The standard InChI is InChI=1S/C21H16F2N4O2/c1-14-6-5-9-16(12-14)26-13-18(29-21(22)23)20(28)19(25-26)17-10-11-24-27(17)15-7-3-2-4-8-15/h2-13,21H,1H3. The highest BCUT2D eigenvalue weighted by Crippen LogP contribution is 2.22. The zero-order chi connectivity index (χ0) is 20.4. The molecule has 2 heterocycles. The van der Waals surface area contributed by atoms with E-state index in [-0.39, 0.29) is 5.69 Å². The monoisotopic (exact) mass is 394 g/mol. The summed E-state index contributed by atoms with van der Waals surface area (Å²) in [6.07, 6.45) is 2.68. The van der Waals surface area contributed by atoms with Gasteiger partial charge in [0.2, 0.25) is 0 Å². The van der Waals surface area contributed by atoms with Crippen LogP contribution in [0.25, 0.3) is 22.8 Å². The van der Waals surface area contributed by atoms with Gasteiger partial charge < -0.3 is 4.74 Å².